The van der Waals surface area contributed by atoms with E-state index >= 15 is 0 Å². The molecule has 0 aliphatic rings. The van der Waals surface area contributed by atoms with Crippen LogP contribution in [0.4, 0.5) is 9.59 Å². The van der Waals surface area contributed by atoms with Crippen molar-refractivity contribution in [2.24, 2.45) is 0 Å². The van der Waals surface area contributed by atoms with E-state index in [-0.39, 0.29) is 16.8 Å². The zero-order chi connectivity index (χ0) is 7.15. The van der Waals surface area contributed by atoms with Gasteiger partial charge in [0.2, 0.25) is 0 Å². The van der Waals surface area contributed by atoms with Crippen molar-refractivity contribution in [1.29, 1.82) is 0 Å². The van der Waals surface area contributed by atoms with E-state index in [0.29, 0.717) is 0 Å². The van der Waals surface area contributed by atoms with Crippen molar-refractivity contribution < 1.29 is 26.4 Å². The van der Waals surface area contributed by atoms with Gasteiger partial charge < -0.3 is 34.8 Å². The van der Waals surface area contributed by atoms with E-state index in [1.165, 1.54) is 0 Å². The van der Waals surface area contributed by atoms with E-state index in [9.17, 15) is 0 Å². The van der Waals surface area contributed by atoms with Gasteiger partial charge in [0.25, 0.3) is 0 Å². The fourth-order valence-corrected chi connectivity index (χ4v) is 0. The van der Waals surface area contributed by atoms with Gasteiger partial charge >= 0.3 is 16.8 Å². The summed E-state index contributed by atoms with van der Waals surface area (Å²) in [6, 6.07) is 0. The van der Waals surface area contributed by atoms with Crippen LogP contribution in [-0.4, -0.2) is 8.89 Å². The maximum Gasteiger partial charge on any atom is 2.00 e. The Kier molecular flexibility index (Phi) is 21.6. The first-order valence-electron chi connectivity index (χ1n) is 1.26. The quantitative estimate of drug-likeness (QED) is 0.496. The first-order chi connectivity index (χ1) is 3.46. The molecule has 0 amide bonds. The number of hydrogen-bond donors (Lipinski definition) is 2. The van der Waals surface area contributed by atoms with Crippen molar-refractivity contribution in [1.82, 2.24) is 0 Å². The Hall–Kier alpha value is 0.986. The van der Waals surface area contributed by atoms with Gasteiger partial charge in [-0.05, 0) is 0 Å². The second-order valence-electron chi connectivity index (χ2n) is 0.532. The summed E-state index contributed by atoms with van der Waals surface area (Å²) in [6.07, 6.45) is 0. The molecular weight excluding hydrogens is 243 g/mol. The van der Waals surface area contributed by atoms with Crippen LogP contribution in [0.15, 0.2) is 0 Å². The van der Waals surface area contributed by atoms with Gasteiger partial charge in [-0.1, -0.05) is 0 Å². The van der Waals surface area contributed by atoms with Crippen LogP contribution in [0, 0.1) is 0 Å². The topological polar surface area (TPSA) is 34.1 Å². The van der Waals surface area contributed by atoms with Gasteiger partial charge in [-0.15, -0.1) is 25.3 Å². The fourth-order valence-electron chi connectivity index (χ4n) is 0. The van der Waals surface area contributed by atoms with Crippen molar-refractivity contribution in [3.8, 4) is 0 Å². The molecule has 0 aliphatic carbocycles. The van der Waals surface area contributed by atoms with Crippen LogP contribution >= 0.6 is 25.3 Å². The maximum absolute atomic E-state index is 9.12. The molecule has 0 bridgehead atoms. The molecule has 0 saturated heterocycles. The minimum Gasteiger partial charge on any atom is -0.731 e. The maximum atomic E-state index is 9.12. The smallest absolute Gasteiger partial charge is 0.731 e. The summed E-state index contributed by atoms with van der Waals surface area (Å²) in [4.78, 5) is 18.2. The summed E-state index contributed by atoms with van der Waals surface area (Å²) in [5, 5.41) is 0. The molecule has 0 aliphatic heterocycles. The van der Waals surface area contributed by atoms with Crippen LogP contribution in [0.25, 0.3) is 0 Å². The SMILES string of the molecule is O=C([S-])S.O=C([S-])S.[Co+2]. The Bertz CT molecular complexity index is 74.6. The molecule has 0 atom stereocenters. The van der Waals surface area contributed by atoms with E-state index in [0.717, 1.165) is 0 Å². The third kappa shape index (κ3) is 451. The Labute approximate surface area is 85.4 Å². The molecule has 0 rings (SSSR count). The molecule has 2 nitrogen and oxygen atoms in total. The predicted molar refractivity (Wildman–Crippen MR) is 43.5 cm³/mol. The van der Waals surface area contributed by atoms with Gasteiger partial charge in [-0.2, -0.15) is 0 Å². The molecule has 0 aromatic carbocycles. The van der Waals surface area contributed by atoms with Crippen LogP contribution in [0.3, 0.4) is 0 Å². The second kappa shape index (κ2) is 11.7. The van der Waals surface area contributed by atoms with Crippen LogP contribution in [0.1, 0.15) is 0 Å². The molecule has 0 N–H and O–H groups in total. The fraction of sp³-hybridized carbons (Fsp3) is 0. The normalized spacial score (nSPS) is 5.56. The minimum atomic E-state index is -0.556. The van der Waals surface area contributed by atoms with Crippen molar-refractivity contribution in [2.75, 3.05) is 0 Å². The summed E-state index contributed by atoms with van der Waals surface area (Å²) < 4.78 is -1.11. The van der Waals surface area contributed by atoms with Crippen molar-refractivity contribution in [2.45, 2.75) is 0 Å². The molecule has 7 heteroatoms. The molecular formula is C2H2CoO2S4. The number of rotatable bonds is 0. The molecule has 55 valence electrons. The van der Waals surface area contributed by atoms with Gasteiger partial charge in [-0.3, -0.25) is 0 Å². The summed E-state index contributed by atoms with van der Waals surface area (Å²) in [7, 11) is 0. The van der Waals surface area contributed by atoms with Gasteiger partial charge in [-0.25, -0.2) is 0 Å². The third-order valence-corrected chi connectivity index (χ3v) is 0. The molecule has 0 spiro atoms. The Morgan fingerprint density at radius 1 is 1.00 bits per heavy atom. The zero-order valence-corrected chi connectivity index (χ0v) is 8.32. The molecule has 0 aromatic rings. The van der Waals surface area contributed by atoms with Gasteiger partial charge in [0.1, 0.15) is 0 Å². The number of carbonyl (C=O) groups is 2. The van der Waals surface area contributed by atoms with E-state index in [4.69, 9.17) is 9.59 Å². The monoisotopic (exact) mass is 245 g/mol. The van der Waals surface area contributed by atoms with E-state index in [1.807, 2.05) is 0 Å². The third-order valence-electron chi connectivity index (χ3n) is 0. The average Bonchev–Trinajstić information content (AvgIpc) is 1.25. The predicted octanol–water partition coefficient (Wildman–Crippen LogP) is 1.16. The summed E-state index contributed by atoms with van der Waals surface area (Å²) in [6.45, 7) is 0. The van der Waals surface area contributed by atoms with Gasteiger partial charge in [0.05, 0.1) is 8.89 Å². The first kappa shape index (κ1) is 16.5. The minimum absolute atomic E-state index is 0. The zero-order valence-electron chi connectivity index (χ0n) is 3.86. The van der Waals surface area contributed by atoms with E-state index in [2.05, 4.69) is 50.5 Å². The Balaban J connectivity index is -0.0000000720. The van der Waals surface area contributed by atoms with E-state index in [1.54, 1.807) is 0 Å². The molecule has 0 unspecified atom stereocenters. The Morgan fingerprint density at radius 3 is 1.00 bits per heavy atom. The standard InChI is InChI=1S/2CH2OS2.Co/c2*2-1(3)4;/h2*(H2,2,3,4);/q;;+2/p-2. The van der Waals surface area contributed by atoms with Gasteiger partial charge in [0, 0.05) is 0 Å². The largest absolute Gasteiger partial charge is 2.00 e. The summed E-state index contributed by atoms with van der Waals surface area (Å²) >= 11 is 14.0. The average molecular weight is 245 g/mol. The van der Waals surface area contributed by atoms with Crippen molar-refractivity contribution >= 4 is 59.4 Å². The molecule has 9 heavy (non-hydrogen) atoms. The molecule has 1 radical (unpaired) electrons. The Morgan fingerprint density at radius 2 is 1.00 bits per heavy atom. The van der Waals surface area contributed by atoms with Crippen LogP contribution in [0.5, 0.6) is 0 Å². The number of hydrogen-bond acceptors (Lipinski definition) is 4. The van der Waals surface area contributed by atoms with Crippen molar-refractivity contribution in [3.05, 3.63) is 0 Å². The molecule has 0 fully saturated rings. The number of carbonyl (C=O) groups excluding carboxylic acids is 2. The molecule has 0 saturated carbocycles. The summed E-state index contributed by atoms with van der Waals surface area (Å²) in [5.41, 5.74) is 0. The second-order valence-corrected chi connectivity index (χ2v) is 2.69. The first-order valence-corrected chi connectivity index (χ1v) is 2.97. The molecule has 0 heterocycles. The van der Waals surface area contributed by atoms with Crippen LogP contribution in [-0.2, 0) is 42.0 Å². The molecule has 0 aromatic heterocycles. The van der Waals surface area contributed by atoms with Crippen LogP contribution in [0.2, 0.25) is 0 Å². The van der Waals surface area contributed by atoms with Gasteiger partial charge in [0.15, 0.2) is 0 Å². The number of thiol groups is 2. The van der Waals surface area contributed by atoms with Crippen molar-refractivity contribution in [3.63, 3.8) is 0 Å². The van der Waals surface area contributed by atoms with E-state index < -0.39 is 8.89 Å². The van der Waals surface area contributed by atoms with Crippen LogP contribution < -0.4 is 0 Å². The summed E-state index contributed by atoms with van der Waals surface area (Å²) in [5.74, 6) is 0.